The van der Waals surface area contributed by atoms with Crippen molar-refractivity contribution in [2.75, 3.05) is 10.6 Å². The molecule has 2 N–H and O–H groups in total. The fourth-order valence-corrected chi connectivity index (χ4v) is 1.94. The Morgan fingerprint density at radius 3 is 2.60 bits per heavy atom. The number of aromatic nitrogens is 2. The van der Waals surface area contributed by atoms with E-state index < -0.39 is 0 Å². The molecular weight excluding hydrogens is 274 g/mol. The van der Waals surface area contributed by atoms with Crippen molar-refractivity contribution in [1.82, 2.24) is 9.78 Å². The number of nitrogens with zero attached hydrogens (tertiary/aromatic N) is 3. The first-order chi connectivity index (χ1) is 9.58. The Bertz CT molecular complexity index is 637. The van der Waals surface area contributed by atoms with E-state index >= 15 is 0 Å². The molecule has 2 rings (SSSR count). The molecule has 0 radical (unpaired) electrons. The van der Waals surface area contributed by atoms with Gasteiger partial charge in [0.15, 0.2) is 5.82 Å². The molecular formula is C13H13N5OS. The largest absolute Gasteiger partial charge is 0.324 e. The van der Waals surface area contributed by atoms with Gasteiger partial charge in [-0.05, 0) is 43.0 Å². The number of hydrogen-bond donors (Lipinski definition) is 2. The van der Waals surface area contributed by atoms with Crippen molar-refractivity contribution in [2.45, 2.75) is 11.8 Å². The van der Waals surface area contributed by atoms with Gasteiger partial charge in [0, 0.05) is 29.4 Å². The molecule has 0 aliphatic heterocycles. The number of thiocyanates is 1. The third-order valence-corrected chi connectivity index (χ3v) is 3.23. The fraction of sp³-hybridized carbons (Fsp3) is 0.154. The van der Waals surface area contributed by atoms with Crippen molar-refractivity contribution in [2.24, 2.45) is 7.05 Å². The van der Waals surface area contributed by atoms with Crippen molar-refractivity contribution in [3.05, 3.63) is 36.0 Å². The number of carbonyl (C=O) groups excluding carboxylic acids is 1. The minimum absolute atomic E-state index is 0.358. The van der Waals surface area contributed by atoms with E-state index in [2.05, 4.69) is 15.7 Å². The first-order valence-corrected chi connectivity index (χ1v) is 6.65. The predicted octanol–water partition coefficient (Wildman–Crippen LogP) is 2.95. The zero-order chi connectivity index (χ0) is 14.5. The third kappa shape index (κ3) is 3.52. The van der Waals surface area contributed by atoms with E-state index in [-0.39, 0.29) is 6.03 Å². The summed E-state index contributed by atoms with van der Waals surface area (Å²) in [5.74, 6) is 0.499. The van der Waals surface area contributed by atoms with Crippen LogP contribution in [0.4, 0.5) is 16.3 Å². The third-order valence-electron chi connectivity index (χ3n) is 2.63. The number of nitrogens with one attached hydrogen (secondary N) is 2. The SMILES string of the molecule is Cc1cc(NC(=O)Nc2ccc(SC#N)cc2)nn1C. The minimum Gasteiger partial charge on any atom is -0.308 e. The number of carbonyl (C=O) groups is 1. The van der Waals surface area contributed by atoms with Crippen LogP contribution in [0.3, 0.4) is 0 Å². The monoisotopic (exact) mass is 287 g/mol. The van der Waals surface area contributed by atoms with Gasteiger partial charge in [-0.25, -0.2) is 4.79 Å². The van der Waals surface area contributed by atoms with E-state index in [1.807, 2.05) is 19.4 Å². The van der Waals surface area contributed by atoms with Crippen molar-refractivity contribution in [3.8, 4) is 5.40 Å². The smallest absolute Gasteiger partial charge is 0.308 e. The number of urea groups is 1. The van der Waals surface area contributed by atoms with Crippen LogP contribution in [0.15, 0.2) is 35.2 Å². The minimum atomic E-state index is -0.358. The van der Waals surface area contributed by atoms with E-state index in [0.717, 1.165) is 22.4 Å². The van der Waals surface area contributed by atoms with Gasteiger partial charge in [0.1, 0.15) is 5.40 Å². The number of nitriles is 1. The van der Waals surface area contributed by atoms with Crippen LogP contribution >= 0.6 is 11.8 Å². The second-order valence-electron chi connectivity index (χ2n) is 4.09. The molecule has 0 unspecified atom stereocenters. The number of rotatable bonds is 3. The van der Waals surface area contributed by atoms with Gasteiger partial charge >= 0.3 is 6.03 Å². The van der Waals surface area contributed by atoms with Crippen molar-refractivity contribution in [3.63, 3.8) is 0 Å². The van der Waals surface area contributed by atoms with Gasteiger partial charge in [-0.3, -0.25) is 10.00 Å². The van der Waals surface area contributed by atoms with Crippen LogP contribution in [0.5, 0.6) is 0 Å². The zero-order valence-electron chi connectivity index (χ0n) is 11.0. The number of aryl methyl sites for hydroxylation is 2. The number of benzene rings is 1. The number of thioether (sulfide) groups is 1. The highest BCUT2D eigenvalue weighted by molar-refractivity contribution is 8.03. The van der Waals surface area contributed by atoms with Crippen LogP contribution in [0.1, 0.15) is 5.69 Å². The molecule has 1 aromatic heterocycles. The van der Waals surface area contributed by atoms with Gasteiger partial charge < -0.3 is 5.32 Å². The van der Waals surface area contributed by atoms with Gasteiger partial charge in [0.25, 0.3) is 0 Å². The quantitative estimate of drug-likeness (QED) is 0.671. The number of hydrogen-bond acceptors (Lipinski definition) is 4. The first-order valence-electron chi connectivity index (χ1n) is 5.83. The summed E-state index contributed by atoms with van der Waals surface area (Å²) in [5.41, 5.74) is 1.61. The normalized spacial score (nSPS) is 9.85. The molecule has 0 saturated carbocycles. The second-order valence-corrected chi connectivity index (χ2v) is 4.95. The zero-order valence-corrected chi connectivity index (χ0v) is 11.9. The van der Waals surface area contributed by atoms with Gasteiger partial charge in [-0.1, -0.05) is 0 Å². The molecule has 102 valence electrons. The van der Waals surface area contributed by atoms with Crippen LogP contribution in [0.2, 0.25) is 0 Å². The summed E-state index contributed by atoms with van der Waals surface area (Å²) in [6, 6.07) is 8.45. The summed E-state index contributed by atoms with van der Waals surface area (Å²) in [6.45, 7) is 1.90. The molecule has 2 amide bonds. The Hall–Kier alpha value is -2.46. The van der Waals surface area contributed by atoms with Crippen LogP contribution in [-0.2, 0) is 7.05 Å². The molecule has 0 fully saturated rings. The molecule has 7 heteroatoms. The van der Waals surface area contributed by atoms with Crippen molar-refractivity contribution >= 4 is 29.3 Å². The predicted molar refractivity (Wildman–Crippen MR) is 78.5 cm³/mol. The highest BCUT2D eigenvalue weighted by Crippen LogP contribution is 2.19. The highest BCUT2D eigenvalue weighted by Gasteiger charge is 2.06. The molecule has 0 saturated heterocycles. The standard InChI is InChI=1S/C13H13N5OS/c1-9-7-12(17-18(9)2)16-13(19)15-10-3-5-11(6-4-10)20-8-14/h3-7H,1-2H3,(H2,15,16,17,19). The van der Waals surface area contributed by atoms with Crippen LogP contribution < -0.4 is 10.6 Å². The molecule has 6 nitrogen and oxygen atoms in total. The lowest BCUT2D eigenvalue weighted by Gasteiger charge is -2.05. The van der Waals surface area contributed by atoms with Gasteiger partial charge in [-0.15, -0.1) is 0 Å². The molecule has 2 aromatic rings. The lowest BCUT2D eigenvalue weighted by molar-refractivity contribution is 0.262. The summed E-state index contributed by atoms with van der Waals surface area (Å²) in [6.07, 6.45) is 0. The maximum Gasteiger partial charge on any atom is 0.324 e. The molecule has 0 bridgehead atoms. The average molecular weight is 287 g/mol. The lowest BCUT2D eigenvalue weighted by Crippen LogP contribution is -2.19. The van der Waals surface area contributed by atoms with E-state index in [1.165, 1.54) is 0 Å². The molecule has 20 heavy (non-hydrogen) atoms. The molecule has 1 heterocycles. The van der Waals surface area contributed by atoms with E-state index in [9.17, 15) is 4.79 Å². The summed E-state index contributed by atoms with van der Waals surface area (Å²) < 4.78 is 1.68. The first kappa shape index (κ1) is 14.0. The van der Waals surface area contributed by atoms with Crippen LogP contribution in [0, 0.1) is 17.6 Å². The van der Waals surface area contributed by atoms with Gasteiger partial charge in [0.2, 0.25) is 0 Å². The second kappa shape index (κ2) is 6.12. The van der Waals surface area contributed by atoms with E-state index in [1.54, 1.807) is 35.0 Å². The maximum absolute atomic E-state index is 11.8. The van der Waals surface area contributed by atoms with Gasteiger partial charge in [-0.2, -0.15) is 10.4 Å². The van der Waals surface area contributed by atoms with Crippen LogP contribution in [0.25, 0.3) is 0 Å². The Balaban J connectivity index is 1.96. The molecule has 0 spiro atoms. The average Bonchev–Trinajstić information content (AvgIpc) is 2.71. The molecule has 1 aromatic carbocycles. The molecule has 0 aliphatic rings. The van der Waals surface area contributed by atoms with Crippen molar-refractivity contribution in [1.29, 1.82) is 5.26 Å². The Kier molecular flexibility index (Phi) is 4.27. The fourth-order valence-electron chi connectivity index (χ4n) is 1.56. The Morgan fingerprint density at radius 2 is 2.05 bits per heavy atom. The van der Waals surface area contributed by atoms with E-state index in [4.69, 9.17) is 5.26 Å². The lowest BCUT2D eigenvalue weighted by atomic mass is 10.3. The van der Waals surface area contributed by atoms with Gasteiger partial charge in [0.05, 0.1) is 0 Å². The summed E-state index contributed by atoms with van der Waals surface area (Å²) in [4.78, 5) is 12.6. The summed E-state index contributed by atoms with van der Waals surface area (Å²) >= 11 is 1.07. The maximum atomic E-state index is 11.8. The molecule has 0 atom stereocenters. The number of amides is 2. The highest BCUT2D eigenvalue weighted by atomic mass is 32.2. The topological polar surface area (TPSA) is 82.7 Å². The Morgan fingerprint density at radius 1 is 1.35 bits per heavy atom. The van der Waals surface area contributed by atoms with Crippen molar-refractivity contribution < 1.29 is 4.79 Å². The van der Waals surface area contributed by atoms with Crippen LogP contribution in [-0.4, -0.2) is 15.8 Å². The number of anilines is 2. The Labute approximate surface area is 120 Å². The summed E-state index contributed by atoms with van der Waals surface area (Å²) in [7, 11) is 1.81. The van der Waals surface area contributed by atoms with E-state index in [0.29, 0.717) is 11.5 Å². The molecule has 0 aliphatic carbocycles. The summed E-state index contributed by atoms with van der Waals surface area (Å²) in [5, 5.41) is 20.0.